The predicted molar refractivity (Wildman–Crippen MR) is 128 cm³/mol. The van der Waals surface area contributed by atoms with Crippen molar-refractivity contribution in [2.75, 3.05) is 18.2 Å². The van der Waals surface area contributed by atoms with Gasteiger partial charge < -0.3 is 21.5 Å². The lowest BCUT2D eigenvalue weighted by Crippen LogP contribution is -2.43. The molecule has 8 heteroatoms. The minimum atomic E-state index is -1.21. The van der Waals surface area contributed by atoms with Gasteiger partial charge >= 0.3 is 0 Å². The molecule has 0 radical (unpaired) electrons. The van der Waals surface area contributed by atoms with E-state index in [1.54, 1.807) is 16.7 Å². The summed E-state index contributed by atoms with van der Waals surface area (Å²) in [6.07, 6.45) is 0.918. The molecular weight excluding hydrogens is 426 g/mol. The summed E-state index contributed by atoms with van der Waals surface area (Å²) in [5.74, 6) is 1.08. The van der Waals surface area contributed by atoms with Gasteiger partial charge in [-0.05, 0) is 30.2 Å². The summed E-state index contributed by atoms with van der Waals surface area (Å²) in [7, 11) is 0. The number of amides is 1. The van der Waals surface area contributed by atoms with Crippen LogP contribution in [0.15, 0.2) is 30.3 Å². The van der Waals surface area contributed by atoms with Gasteiger partial charge in [-0.25, -0.2) is 0 Å². The molecule has 0 saturated carbocycles. The molecule has 2 rings (SSSR count). The lowest BCUT2D eigenvalue weighted by Gasteiger charge is -2.26. The van der Waals surface area contributed by atoms with E-state index in [1.165, 1.54) is 0 Å². The van der Waals surface area contributed by atoms with Crippen molar-refractivity contribution in [3.05, 3.63) is 35.9 Å². The van der Waals surface area contributed by atoms with Crippen LogP contribution in [0.3, 0.4) is 0 Å². The second-order valence-electron chi connectivity index (χ2n) is 9.42. The fraction of sp³-hybridized carbons (Fsp3) is 0.625. The van der Waals surface area contributed by atoms with Crippen molar-refractivity contribution in [1.82, 2.24) is 4.90 Å². The summed E-state index contributed by atoms with van der Waals surface area (Å²) in [6.45, 7) is 4.68. The minimum Gasteiger partial charge on any atom is -0.384 e. The first-order valence-electron chi connectivity index (χ1n) is 11.2. The average Bonchev–Trinajstić information content (AvgIpc) is 3.30. The van der Waals surface area contributed by atoms with Crippen LogP contribution in [0.2, 0.25) is 0 Å². The third-order valence-corrected chi connectivity index (χ3v) is 6.97. The number of aliphatic hydroxyl groups excluding tert-OH is 1. The third-order valence-electron chi connectivity index (χ3n) is 6.01. The van der Waals surface area contributed by atoms with Crippen molar-refractivity contribution in [2.45, 2.75) is 70.6 Å². The van der Waals surface area contributed by atoms with Gasteiger partial charge in [0.05, 0.1) is 11.9 Å². The molecule has 1 fully saturated rings. The Morgan fingerprint density at radius 1 is 1.12 bits per heavy atom. The molecule has 1 aromatic carbocycles. The highest BCUT2D eigenvalue weighted by atomic mass is 32.2. The number of aliphatic hydroxyl groups is 1. The molecule has 178 valence electrons. The van der Waals surface area contributed by atoms with Crippen LogP contribution in [0.5, 0.6) is 0 Å². The van der Waals surface area contributed by atoms with E-state index in [4.69, 9.17) is 11.5 Å². The number of nitrogens with zero attached hydrogens (tertiary/aromatic N) is 1. The van der Waals surface area contributed by atoms with Crippen molar-refractivity contribution >= 4 is 29.2 Å². The Kier molecular flexibility index (Phi) is 10.3. The minimum absolute atomic E-state index is 0.0398. The van der Waals surface area contributed by atoms with Gasteiger partial charge in [-0.15, -0.1) is 11.8 Å². The average molecular weight is 464 g/mol. The Morgan fingerprint density at radius 2 is 1.78 bits per heavy atom. The smallest absolute Gasteiger partial charge is 0.240 e. The first-order chi connectivity index (χ1) is 15.1. The van der Waals surface area contributed by atoms with Crippen LogP contribution >= 0.6 is 11.8 Å². The number of Topliss-reactive ketones (excluding diaryl/α,β-unsaturated/α-hetero) is 2. The standard InChI is InChI=1S/C24H37N3O4S/c1-24(2,10-8-18(28)15-20(26)23(31)27-12-13-32-16-27)11-9-21(29)22(30)19(25)14-17-6-4-3-5-7-17/h3-7,19-20,22,30H,8-16,25-26H2,1-2H3. The van der Waals surface area contributed by atoms with Crippen LogP contribution < -0.4 is 11.5 Å². The zero-order valence-electron chi connectivity index (χ0n) is 19.2. The Morgan fingerprint density at radius 3 is 2.41 bits per heavy atom. The van der Waals surface area contributed by atoms with Crippen molar-refractivity contribution in [1.29, 1.82) is 0 Å². The van der Waals surface area contributed by atoms with Crippen molar-refractivity contribution in [3.63, 3.8) is 0 Å². The topological polar surface area (TPSA) is 127 Å². The van der Waals surface area contributed by atoms with Gasteiger partial charge in [0.1, 0.15) is 11.9 Å². The maximum atomic E-state index is 12.4. The summed E-state index contributed by atoms with van der Waals surface area (Å²) in [5, 5.41) is 10.3. The molecule has 0 spiro atoms. The molecule has 1 aliphatic heterocycles. The molecule has 32 heavy (non-hydrogen) atoms. The van der Waals surface area contributed by atoms with Gasteiger partial charge in [0.15, 0.2) is 5.78 Å². The Bertz CT molecular complexity index is 766. The van der Waals surface area contributed by atoms with E-state index in [-0.39, 0.29) is 35.7 Å². The van der Waals surface area contributed by atoms with Crippen LogP contribution in [-0.2, 0) is 20.8 Å². The molecule has 5 N–H and O–H groups in total. The van der Waals surface area contributed by atoms with E-state index in [9.17, 15) is 19.5 Å². The van der Waals surface area contributed by atoms with Crippen LogP contribution in [0.1, 0.15) is 51.5 Å². The number of nitrogens with two attached hydrogens (primary N) is 2. The van der Waals surface area contributed by atoms with Crippen molar-refractivity contribution in [2.24, 2.45) is 16.9 Å². The molecule has 1 amide bonds. The number of thioether (sulfide) groups is 1. The normalized spacial score (nSPS) is 17.1. The number of ketones is 2. The van der Waals surface area contributed by atoms with Gasteiger partial charge in [0.2, 0.25) is 5.91 Å². The summed E-state index contributed by atoms with van der Waals surface area (Å²) in [6, 6.07) is 8.10. The van der Waals surface area contributed by atoms with Crippen LogP contribution in [-0.4, -0.2) is 63.8 Å². The largest absolute Gasteiger partial charge is 0.384 e. The summed E-state index contributed by atoms with van der Waals surface area (Å²) < 4.78 is 0. The molecule has 1 aromatic rings. The molecule has 1 heterocycles. The Balaban J connectivity index is 1.71. The fourth-order valence-electron chi connectivity index (χ4n) is 3.71. The summed E-state index contributed by atoms with van der Waals surface area (Å²) >= 11 is 1.68. The maximum Gasteiger partial charge on any atom is 0.240 e. The molecule has 0 aromatic heterocycles. The molecule has 0 aliphatic carbocycles. The molecule has 7 nitrogen and oxygen atoms in total. The fourth-order valence-corrected chi connectivity index (χ4v) is 4.66. The highest BCUT2D eigenvalue weighted by Gasteiger charge is 2.28. The molecular formula is C24H37N3O4S. The molecule has 3 unspecified atom stereocenters. The van der Waals surface area contributed by atoms with E-state index in [0.29, 0.717) is 38.1 Å². The highest BCUT2D eigenvalue weighted by Crippen LogP contribution is 2.29. The number of rotatable bonds is 13. The van der Waals surface area contributed by atoms with E-state index in [1.807, 2.05) is 44.2 Å². The van der Waals surface area contributed by atoms with Crippen molar-refractivity contribution < 1.29 is 19.5 Å². The van der Waals surface area contributed by atoms with Crippen LogP contribution in [0.4, 0.5) is 0 Å². The summed E-state index contributed by atoms with van der Waals surface area (Å²) in [5.41, 5.74) is 12.7. The van der Waals surface area contributed by atoms with Crippen molar-refractivity contribution in [3.8, 4) is 0 Å². The second-order valence-corrected chi connectivity index (χ2v) is 10.5. The number of hydrogen-bond donors (Lipinski definition) is 3. The molecule has 0 bridgehead atoms. The predicted octanol–water partition coefficient (Wildman–Crippen LogP) is 1.89. The van der Waals surface area contributed by atoms with Gasteiger partial charge in [0.25, 0.3) is 0 Å². The summed E-state index contributed by atoms with van der Waals surface area (Å²) in [4.78, 5) is 38.8. The SMILES string of the molecule is CC(C)(CCC(=O)CC(N)C(=O)N1CCSC1)CCC(=O)C(O)C(N)Cc1ccccc1. The molecule has 3 atom stereocenters. The molecule has 1 saturated heterocycles. The van der Waals surface area contributed by atoms with E-state index < -0.39 is 18.2 Å². The monoisotopic (exact) mass is 463 g/mol. The Hall–Kier alpha value is -1.74. The van der Waals surface area contributed by atoms with E-state index >= 15 is 0 Å². The number of hydrogen-bond acceptors (Lipinski definition) is 7. The first-order valence-corrected chi connectivity index (χ1v) is 12.4. The first kappa shape index (κ1) is 26.5. The second kappa shape index (κ2) is 12.5. The Labute approximate surface area is 195 Å². The van der Waals surface area contributed by atoms with E-state index in [0.717, 1.165) is 11.3 Å². The van der Waals surface area contributed by atoms with Gasteiger partial charge in [-0.2, -0.15) is 0 Å². The third kappa shape index (κ3) is 8.65. The van der Waals surface area contributed by atoms with Crippen LogP contribution in [0.25, 0.3) is 0 Å². The van der Waals surface area contributed by atoms with Gasteiger partial charge in [-0.1, -0.05) is 44.2 Å². The number of carbonyl (C=O) groups excluding carboxylic acids is 3. The van der Waals surface area contributed by atoms with Crippen LogP contribution in [0, 0.1) is 5.41 Å². The zero-order valence-corrected chi connectivity index (χ0v) is 20.0. The maximum absolute atomic E-state index is 12.4. The van der Waals surface area contributed by atoms with Gasteiger partial charge in [-0.3, -0.25) is 14.4 Å². The van der Waals surface area contributed by atoms with E-state index in [2.05, 4.69) is 0 Å². The highest BCUT2D eigenvalue weighted by molar-refractivity contribution is 7.99. The quantitative estimate of drug-likeness (QED) is 0.408. The zero-order chi connectivity index (χ0) is 23.7. The van der Waals surface area contributed by atoms with Gasteiger partial charge in [0, 0.05) is 37.6 Å². The lowest BCUT2D eigenvalue weighted by atomic mass is 9.81. The lowest BCUT2D eigenvalue weighted by molar-refractivity contribution is -0.133. The number of carbonyl (C=O) groups is 3. The number of benzene rings is 1. The molecule has 1 aliphatic rings.